The zero-order chi connectivity index (χ0) is 17.8. The first-order chi connectivity index (χ1) is 11.3. The molecule has 2 saturated heterocycles. The molecule has 0 spiro atoms. The third-order valence-electron chi connectivity index (χ3n) is 5.19. The van der Waals surface area contributed by atoms with Gasteiger partial charge in [0.2, 0.25) is 11.7 Å². The second kappa shape index (κ2) is 4.95. The number of ether oxygens (including phenoxy) is 2. The third kappa shape index (κ3) is 1.54. The Bertz CT molecular complexity index is 833. The van der Waals surface area contributed by atoms with E-state index in [2.05, 4.69) is 0 Å². The fourth-order valence-electron chi connectivity index (χ4n) is 3.80. The van der Waals surface area contributed by atoms with Crippen LogP contribution < -0.4 is 0 Å². The van der Waals surface area contributed by atoms with E-state index < -0.39 is 34.5 Å². The van der Waals surface area contributed by atoms with Crippen molar-refractivity contribution in [3.63, 3.8) is 0 Å². The smallest absolute Gasteiger partial charge is 0.243 e. The van der Waals surface area contributed by atoms with Crippen LogP contribution in [-0.2, 0) is 15.3 Å². The molecule has 1 aromatic carbocycles. The molecule has 2 aliphatic rings. The Morgan fingerprint density at radius 2 is 1.67 bits per heavy atom. The van der Waals surface area contributed by atoms with Crippen LogP contribution in [0.25, 0.3) is 0 Å². The molecule has 2 heterocycles. The highest BCUT2D eigenvalue weighted by Crippen LogP contribution is 2.65. The largest absolute Gasteiger partial charge is 0.443 e. The van der Waals surface area contributed by atoms with Gasteiger partial charge >= 0.3 is 0 Å². The van der Waals surface area contributed by atoms with E-state index in [0.717, 1.165) is 0 Å². The first kappa shape index (κ1) is 16.3. The zero-order valence-corrected chi connectivity index (χ0v) is 13.8. The molecule has 2 bridgehead atoms. The summed E-state index contributed by atoms with van der Waals surface area (Å²) in [6.45, 7) is 3.21. The van der Waals surface area contributed by atoms with Crippen molar-refractivity contribution in [2.75, 3.05) is 0 Å². The minimum absolute atomic E-state index is 0.417. The number of fused-ring (bicyclic) bond motifs is 2. The highest BCUT2D eigenvalue weighted by atomic mass is 35.5. The molecule has 1 N–H and O–H groups in total. The van der Waals surface area contributed by atoms with Crippen molar-refractivity contribution in [2.45, 2.75) is 25.7 Å². The van der Waals surface area contributed by atoms with Gasteiger partial charge in [0.05, 0.1) is 30.2 Å². The molecule has 120 valence electrons. The van der Waals surface area contributed by atoms with Gasteiger partial charge in [0.15, 0.2) is 10.8 Å². The SMILES string of the molecule is CC1OC2(c3ccc(Cl)cc3)OC(=N)C(C#N)(C2C)C1(C#N)C#N. The van der Waals surface area contributed by atoms with Gasteiger partial charge < -0.3 is 9.47 Å². The fraction of sp³-hybridized carbons (Fsp3) is 0.412. The summed E-state index contributed by atoms with van der Waals surface area (Å²) in [6.07, 6.45) is -0.929. The van der Waals surface area contributed by atoms with E-state index in [9.17, 15) is 15.8 Å². The molecule has 0 amide bonds. The molecule has 6 nitrogen and oxygen atoms in total. The summed E-state index contributed by atoms with van der Waals surface area (Å²) in [7, 11) is 0. The normalized spacial score (nSPS) is 36.1. The van der Waals surface area contributed by atoms with Gasteiger partial charge in [0.1, 0.15) is 0 Å². The average molecular weight is 341 g/mol. The number of rotatable bonds is 1. The molecule has 4 unspecified atom stereocenters. The van der Waals surface area contributed by atoms with Gasteiger partial charge in [-0.2, -0.15) is 15.8 Å². The molecule has 0 aliphatic carbocycles. The van der Waals surface area contributed by atoms with Crippen LogP contribution >= 0.6 is 11.6 Å². The summed E-state index contributed by atoms with van der Waals surface area (Å²) in [6, 6.07) is 12.6. The van der Waals surface area contributed by atoms with Gasteiger partial charge in [0, 0.05) is 10.6 Å². The average Bonchev–Trinajstić information content (AvgIpc) is 2.74. The summed E-state index contributed by atoms with van der Waals surface area (Å²) >= 11 is 5.93. The minimum Gasteiger partial charge on any atom is -0.443 e. The summed E-state index contributed by atoms with van der Waals surface area (Å²) in [5, 5.41) is 38.0. The number of hydrogen-bond donors (Lipinski definition) is 1. The lowest BCUT2D eigenvalue weighted by Gasteiger charge is -2.47. The maximum Gasteiger partial charge on any atom is 0.243 e. The van der Waals surface area contributed by atoms with Crippen LogP contribution in [0.1, 0.15) is 19.4 Å². The lowest BCUT2D eigenvalue weighted by molar-refractivity contribution is -0.280. The quantitative estimate of drug-likeness (QED) is 0.843. The first-order valence-corrected chi connectivity index (χ1v) is 7.68. The van der Waals surface area contributed by atoms with Crippen molar-refractivity contribution < 1.29 is 9.47 Å². The van der Waals surface area contributed by atoms with E-state index in [4.69, 9.17) is 26.5 Å². The Balaban J connectivity index is 2.29. The van der Waals surface area contributed by atoms with E-state index in [1.807, 2.05) is 18.2 Å². The van der Waals surface area contributed by atoms with E-state index in [1.54, 1.807) is 38.1 Å². The molecule has 3 rings (SSSR count). The predicted molar refractivity (Wildman–Crippen MR) is 83.4 cm³/mol. The Morgan fingerprint density at radius 1 is 1.08 bits per heavy atom. The van der Waals surface area contributed by atoms with Crippen molar-refractivity contribution in [1.29, 1.82) is 21.2 Å². The Kier molecular flexibility index (Phi) is 3.36. The lowest BCUT2D eigenvalue weighted by Crippen LogP contribution is -2.60. The summed E-state index contributed by atoms with van der Waals surface area (Å²) in [5.74, 6) is -2.56. The lowest BCUT2D eigenvalue weighted by atomic mass is 9.54. The van der Waals surface area contributed by atoms with Crippen molar-refractivity contribution >= 4 is 17.5 Å². The van der Waals surface area contributed by atoms with Gasteiger partial charge in [-0.15, -0.1) is 0 Å². The van der Waals surface area contributed by atoms with Crippen LogP contribution in [0.2, 0.25) is 5.02 Å². The Labute approximate surface area is 144 Å². The number of halogens is 1. The number of hydrogen-bond acceptors (Lipinski definition) is 6. The molecule has 2 aliphatic heterocycles. The standard InChI is InChI=1S/C17H13ClN4O2/c1-10-16(9-21)14(22)24-17(10,12-3-5-13(18)6-4-12)23-11(2)15(16,7-19)8-20/h3-6,10-11,22H,1-2H3. The first-order valence-electron chi connectivity index (χ1n) is 7.30. The van der Waals surface area contributed by atoms with Crippen molar-refractivity contribution in [2.24, 2.45) is 16.7 Å². The second-order valence-corrected chi connectivity index (χ2v) is 6.48. The molecule has 0 aromatic heterocycles. The van der Waals surface area contributed by atoms with Crippen LogP contribution in [0.15, 0.2) is 24.3 Å². The van der Waals surface area contributed by atoms with Crippen LogP contribution in [0, 0.1) is 56.2 Å². The molecule has 4 atom stereocenters. The molecular formula is C17H13ClN4O2. The van der Waals surface area contributed by atoms with Crippen LogP contribution in [0.3, 0.4) is 0 Å². The molecule has 24 heavy (non-hydrogen) atoms. The van der Waals surface area contributed by atoms with E-state index in [0.29, 0.717) is 10.6 Å². The Hall–Kier alpha value is -2.59. The number of nitriles is 3. The highest BCUT2D eigenvalue weighted by Gasteiger charge is 2.78. The maximum atomic E-state index is 9.88. The molecule has 0 saturated carbocycles. The van der Waals surface area contributed by atoms with Crippen LogP contribution in [0.5, 0.6) is 0 Å². The maximum absolute atomic E-state index is 9.88. The summed E-state index contributed by atoms with van der Waals surface area (Å²) in [5.41, 5.74) is -2.96. The fourth-order valence-corrected chi connectivity index (χ4v) is 3.92. The molecule has 7 heteroatoms. The van der Waals surface area contributed by atoms with Crippen molar-refractivity contribution in [1.82, 2.24) is 0 Å². The third-order valence-corrected chi connectivity index (χ3v) is 5.44. The molecule has 2 fully saturated rings. The molecule has 1 aromatic rings. The number of nitrogens with one attached hydrogen (secondary N) is 1. The van der Waals surface area contributed by atoms with Gasteiger partial charge in [-0.1, -0.05) is 30.7 Å². The van der Waals surface area contributed by atoms with Gasteiger partial charge in [-0.05, 0) is 19.1 Å². The second-order valence-electron chi connectivity index (χ2n) is 6.04. The van der Waals surface area contributed by atoms with E-state index >= 15 is 0 Å². The van der Waals surface area contributed by atoms with Gasteiger partial charge in [-0.3, -0.25) is 5.41 Å². The van der Waals surface area contributed by atoms with E-state index in [-0.39, 0.29) is 0 Å². The van der Waals surface area contributed by atoms with Crippen LogP contribution in [-0.4, -0.2) is 12.0 Å². The van der Waals surface area contributed by atoms with Crippen LogP contribution in [0.4, 0.5) is 0 Å². The van der Waals surface area contributed by atoms with E-state index in [1.165, 1.54) is 0 Å². The van der Waals surface area contributed by atoms with Gasteiger partial charge in [-0.25, -0.2) is 0 Å². The topological polar surface area (TPSA) is 114 Å². The summed E-state index contributed by atoms with van der Waals surface area (Å²) < 4.78 is 11.7. The number of nitrogens with zero attached hydrogens (tertiary/aromatic N) is 3. The molecule has 0 radical (unpaired) electrons. The molecular weight excluding hydrogens is 328 g/mol. The predicted octanol–water partition coefficient (Wildman–Crippen LogP) is 3.10. The highest BCUT2D eigenvalue weighted by molar-refractivity contribution is 6.30. The van der Waals surface area contributed by atoms with Crippen molar-refractivity contribution in [3.05, 3.63) is 34.9 Å². The van der Waals surface area contributed by atoms with Gasteiger partial charge in [0.25, 0.3) is 0 Å². The minimum atomic E-state index is -1.83. The monoisotopic (exact) mass is 340 g/mol. The number of benzene rings is 1. The van der Waals surface area contributed by atoms with Crippen molar-refractivity contribution in [3.8, 4) is 18.2 Å². The summed E-state index contributed by atoms with van der Waals surface area (Å²) in [4.78, 5) is 0. The zero-order valence-electron chi connectivity index (χ0n) is 13.0. The Morgan fingerprint density at radius 3 is 2.17 bits per heavy atom.